The van der Waals surface area contributed by atoms with E-state index in [4.69, 9.17) is 9.47 Å². The Hall–Kier alpha value is -1.26. The average Bonchev–Trinajstić information content (AvgIpc) is 2.38. The summed E-state index contributed by atoms with van der Waals surface area (Å²) in [6.45, 7) is 7.58. The SMILES string of the molecule is CC(C)OCCN(C)CC1CNc2ccccc2O1. The van der Waals surface area contributed by atoms with E-state index in [1.54, 1.807) is 0 Å². The summed E-state index contributed by atoms with van der Waals surface area (Å²) in [7, 11) is 2.10. The number of para-hydroxylation sites is 2. The highest BCUT2D eigenvalue weighted by Gasteiger charge is 2.19. The van der Waals surface area contributed by atoms with Crippen molar-refractivity contribution in [2.24, 2.45) is 0 Å². The van der Waals surface area contributed by atoms with Crippen LogP contribution in [0.15, 0.2) is 24.3 Å². The van der Waals surface area contributed by atoms with Crippen molar-refractivity contribution >= 4 is 5.69 Å². The molecule has 1 aliphatic heterocycles. The van der Waals surface area contributed by atoms with E-state index in [0.29, 0.717) is 6.10 Å². The molecule has 19 heavy (non-hydrogen) atoms. The molecular weight excluding hydrogens is 240 g/mol. The number of benzene rings is 1. The standard InChI is InChI=1S/C15H24N2O2/c1-12(2)18-9-8-17(3)11-13-10-16-14-6-4-5-7-15(14)19-13/h4-7,12-13,16H,8-11H2,1-3H3. The number of hydrogen-bond donors (Lipinski definition) is 1. The molecule has 4 nitrogen and oxygen atoms in total. The summed E-state index contributed by atoms with van der Waals surface area (Å²) in [5.41, 5.74) is 1.09. The molecule has 0 aromatic heterocycles. The lowest BCUT2D eigenvalue weighted by Gasteiger charge is -2.30. The molecule has 2 rings (SSSR count). The summed E-state index contributed by atoms with van der Waals surface area (Å²) in [4.78, 5) is 2.25. The van der Waals surface area contributed by atoms with Crippen LogP contribution in [0, 0.1) is 0 Å². The van der Waals surface area contributed by atoms with Crippen LogP contribution in [-0.2, 0) is 4.74 Å². The summed E-state index contributed by atoms with van der Waals surface area (Å²) < 4.78 is 11.5. The highest BCUT2D eigenvalue weighted by Crippen LogP contribution is 2.28. The van der Waals surface area contributed by atoms with Crippen LogP contribution < -0.4 is 10.1 Å². The first-order valence-electron chi connectivity index (χ1n) is 6.95. The number of fused-ring (bicyclic) bond motifs is 1. The molecule has 0 fully saturated rings. The Balaban J connectivity index is 1.75. The summed E-state index contributed by atoms with van der Waals surface area (Å²) in [6.07, 6.45) is 0.492. The second-order valence-corrected chi connectivity index (χ2v) is 5.30. The van der Waals surface area contributed by atoms with Gasteiger partial charge in [0.25, 0.3) is 0 Å². The van der Waals surface area contributed by atoms with E-state index in [9.17, 15) is 0 Å². The van der Waals surface area contributed by atoms with E-state index < -0.39 is 0 Å². The Bertz CT molecular complexity index is 395. The Morgan fingerprint density at radius 1 is 1.42 bits per heavy atom. The first-order valence-corrected chi connectivity index (χ1v) is 6.95. The lowest BCUT2D eigenvalue weighted by molar-refractivity contribution is 0.0557. The summed E-state index contributed by atoms with van der Waals surface area (Å²) in [5.74, 6) is 0.950. The Labute approximate surface area is 115 Å². The van der Waals surface area contributed by atoms with Gasteiger partial charge in [0.05, 0.1) is 24.9 Å². The van der Waals surface area contributed by atoms with Gasteiger partial charge in [0.2, 0.25) is 0 Å². The topological polar surface area (TPSA) is 33.7 Å². The molecule has 0 aliphatic carbocycles. The van der Waals surface area contributed by atoms with Crippen LogP contribution in [0.1, 0.15) is 13.8 Å². The van der Waals surface area contributed by atoms with Gasteiger partial charge in [-0.3, -0.25) is 0 Å². The van der Waals surface area contributed by atoms with Gasteiger partial charge in [0.15, 0.2) is 0 Å². The third-order valence-corrected chi connectivity index (χ3v) is 3.14. The van der Waals surface area contributed by atoms with Gasteiger partial charge >= 0.3 is 0 Å². The van der Waals surface area contributed by atoms with Crippen molar-refractivity contribution in [1.29, 1.82) is 0 Å². The van der Waals surface area contributed by atoms with Gasteiger partial charge in [-0.15, -0.1) is 0 Å². The molecule has 1 unspecified atom stereocenters. The molecule has 1 atom stereocenters. The molecular formula is C15H24N2O2. The first-order chi connectivity index (χ1) is 9.15. The zero-order valence-corrected chi connectivity index (χ0v) is 12.1. The number of anilines is 1. The van der Waals surface area contributed by atoms with E-state index in [-0.39, 0.29) is 6.10 Å². The third-order valence-electron chi connectivity index (χ3n) is 3.14. The molecule has 0 saturated carbocycles. The zero-order valence-electron chi connectivity index (χ0n) is 12.1. The second kappa shape index (κ2) is 6.78. The fourth-order valence-electron chi connectivity index (χ4n) is 2.15. The van der Waals surface area contributed by atoms with Crippen molar-refractivity contribution in [1.82, 2.24) is 4.90 Å². The van der Waals surface area contributed by atoms with E-state index in [1.165, 1.54) is 0 Å². The van der Waals surface area contributed by atoms with Gasteiger partial charge in [-0.1, -0.05) is 12.1 Å². The van der Waals surface area contributed by atoms with Crippen LogP contribution in [0.3, 0.4) is 0 Å². The number of hydrogen-bond acceptors (Lipinski definition) is 4. The first kappa shape index (κ1) is 14.2. The predicted octanol–water partition coefficient (Wildman–Crippen LogP) is 2.22. The van der Waals surface area contributed by atoms with Gasteiger partial charge in [0.1, 0.15) is 11.9 Å². The number of rotatable bonds is 6. The van der Waals surface area contributed by atoms with E-state index in [1.807, 2.05) is 24.3 Å². The quantitative estimate of drug-likeness (QED) is 0.854. The van der Waals surface area contributed by atoms with Gasteiger partial charge in [-0.2, -0.15) is 0 Å². The smallest absolute Gasteiger partial charge is 0.142 e. The van der Waals surface area contributed by atoms with Gasteiger partial charge < -0.3 is 19.7 Å². The lowest BCUT2D eigenvalue weighted by atomic mass is 10.2. The van der Waals surface area contributed by atoms with Crippen LogP contribution in [0.25, 0.3) is 0 Å². The number of nitrogens with zero attached hydrogens (tertiary/aromatic N) is 1. The van der Waals surface area contributed by atoms with Crippen LogP contribution in [0.4, 0.5) is 5.69 Å². The minimum absolute atomic E-state index is 0.193. The predicted molar refractivity (Wildman–Crippen MR) is 77.9 cm³/mol. The van der Waals surface area contributed by atoms with Gasteiger partial charge in [0, 0.05) is 13.1 Å². The van der Waals surface area contributed by atoms with Crippen LogP contribution in [0.5, 0.6) is 5.75 Å². The molecule has 4 heteroatoms. The Kier molecular flexibility index (Phi) is 5.05. The highest BCUT2D eigenvalue weighted by atomic mass is 16.5. The minimum Gasteiger partial charge on any atom is -0.485 e. The number of nitrogens with one attached hydrogen (secondary N) is 1. The normalized spacial score (nSPS) is 18.1. The molecule has 0 bridgehead atoms. The van der Waals surface area contributed by atoms with Gasteiger partial charge in [-0.05, 0) is 33.0 Å². The van der Waals surface area contributed by atoms with E-state index in [2.05, 4.69) is 31.1 Å². The molecule has 1 aromatic carbocycles. The van der Waals surface area contributed by atoms with Crippen LogP contribution in [-0.4, -0.2) is 50.4 Å². The van der Waals surface area contributed by atoms with Crippen molar-refractivity contribution in [2.45, 2.75) is 26.1 Å². The maximum Gasteiger partial charge on any atom is 0.142 e. The molecule has 0 spiro atoms. The maximum absolute atomic E-state index is 5.99. The second-order valence-electron chi connectivity index (χ2n) is 5.30. The molecule has 0 radical (unpaired) electrons. The summed E-state index contributed by atoms with van der Waals surface area (Å²) in [6, 6.07) is 8.08. The van der Waals surface area contributed by atoms with E-state index >= 15 is 0 Å². The van der Waals surface area contributed by atoms with Gasteiger partial charge in [-0.25, -0.2) is 0 Å². The fraction of sp³-hybridized carbons (Fsp3) is 0.600. The molecule has 1 heterocycles. The monoisotopic (exact) mass is 264 g/mol. The van der Waals surface area contributed by atoms with Crippen LogP contribution in [0.2, 0.25) is 0 Å². The Morgan fingerprint density at radius 3 is 3.00 bits per heavy atom. The third kappa shape index (κ3) is 4.40. The molecule has 106 valence electrons. The zero-order chi connectivity index (χ0) is 13.7. The summed E-state index contributed by atoms with van der Waals surface area (Å²) in [5, 5.41) is 3.41. The van der Waals surface area contributed by atoms with E-state index in [0.717, 1.165) is 37.7 Å². The number of likely N-dealkylation sites (N-methyl/N-ethyl adjacent to an activating group) is 1. The average molecular weight is 264 g/mol. The van der Waals surface area contributed by atoms with Crippen molar-refractivity contribution in [3.05, 3.63) is 24.3 Å². The molecule has 1 aliphatic rings. The van der Waals surface area contributed by atoms with Crippen molar-refractivity contribution in [3.8, 4) is 5.75 Å². The molecule has 0 amide bonds. The van der Waals surface area contributed by atoms with Crippen LogP contribution >= 0.6 is 0 Å². The molecule has 1 N–H and O–H groups in total. The molecule has 1 aromatic rings. The highest BCUT2D eigenvalue weighted by molar-refractivity contribution is 5.57. The van der Waals surface area contributed by atoms with Crippen molar-refractivity contribution in [3.63, 3.8) is 0 Å². The fourth-order valence-corrected chi connectivity index (χ4v) is 2.15. The minimum atomic E-state index is 0.193. The Morgan fingerprint density at radius 2 is 2.21 bits per heavy atom. The largest absolute Gasteiger partial charge is 0.485 e. The maximum atomic E-state index is 5.99. The lowest BCUT2D eigenvalue weighted by Crippen LogP contribution is -2.41. The van der Waals surface area contributed by atoms with Crippen molar-refractivity contribution < 1.29 is 9.47 Å². The number of ether oxygens (including phenoxy) is 2. The van der Waals surface area contributed by atoms with Crippen molar-refractivity contribution in [2.75, 3.05) is 38.6 Å². The molecule has 0 saturated heterocycles. The summed E-state index contributed by atoms with van der Waals surface area (Å²) >= 11 is 0.